The van der Waals surface area contributed by atoms with Crippen molar-refractivity contribution in [2.24, 2.45) is 7.05 Å². The fraction of sp³-hybridized carbons (Fsp3) is 0.143. The molecule has 0 N–H and O–H groups in total. The van der Waals surface area contributed by atoms with Crippen LogP contribution in [-0.2, 0) is 27.2 Å². The van der Waals surface area contributed by atoms with E-state index in [1.54, 1.807) is 30.3 Å². The summed E-state index contributed by atoms with van der Waals surface area (Å²) in [7, 11) is 1.80. The molecule has 5 nitrogen and oxygen atoms in total. The smallest absolute Gasteiger partial charge is 0.0327 e. The van der Waals surface area contributed by atoms with E-state index in [0.29, 0.717) is 11.4 Å². The Morgan fingerprint density at radius 2 is 2.23 bits per heavy atom. The van der Waals surface area contributed by atoms with E-state index in [9.17, 15) is 0 Å². The van der Waals surface area contributed by atoms with Gasteiger partial charge in [0.1, 0.15) is 0 Å². The summed E-state index contributed by atoms with van der Waals surface area (Å²) in [6.45, 7) is 0. The van der Waals surface area contributed by atoms with Crippen molar-refractivity contribution >= 4 is 0 Å². The normalized spacial score (nSPS) is 9.31. The maximum atomic E-state index is 4.03. The van der Waals surface area contributed by atoms with E-state index in [-0.39, 0.29) is 20.1 Å². The van der Waals surface area contributed by atoms with Gasteiger partial charge in [-0.25, -0.2) is 0 Å². The molecule has 0 unspecified atom stereocenters. The third-order valence-corrected chi connectivity index (χ3v) is 1.36. The van der Waals surface area contributed by atoms with Gasteiger partial charge in [-0.3, -0.25) is 9.67 Å². The number of nitrogens with zero attached hydrogens (tertiary/aromatic N) is 5. The van der Waals surface area contributed by atoms with Crippen molar-refractivity contribution in [1.82, 2.24) is 25.0 Å². The molecule has 0 aliphatic rings. The molecule has 0 bridgehead atoms. The van der Waals surface area contributed by atoms with Gasteiger partial charge < -0.3 is 4.98 Å². The van der Waals surface area contributed by atoms with E-state index in [1.165, 1.54) is 0 Å². The van der Waals surface area contributed by atoms with Crippen molar-refractivity contribution in [2.45, 2.75) is 0 Å². The van der Waals surface area contributed by atoms with Gasteiger partial charge in [-0.15, -0.1) is 0 Å². The molecule has 0 saturated heterocycles. The standard InChI is InChI=1S/C7H6N5.Ir/c1-12-5-7(10-11-12)6-4-8-2-3-9-6;/h2-3,5H,1H3;/q-1;. The van der Waals surface area contributed by atoms with Crippen molar-refractivity contribution < 1.29 is 20.1 Å². The minimum absolute atomic E-state index is 0. The van der Waals surface area contributed by atoms with E-state index >= 15 is 0 Å². The second-order valence-corrected chi connectivity index (χ2v) is 2.29. The molecule has 0 amide bonds. The average molecular weight is 352 g/mol. The molecule has 2 aromatic rings. The van der Waals surface area contributed by atoms with Gasteiger partial charge >= 0.3 is 0 Å². The summed E-state index contributed by atoms with van der Waals surface area (Å²) >= 11 is 0. The van der Waals surface area contributed by atoms with Crippen LogP contribution in [0, 0.1) is 6.20 Å². The van der Waals surface area contributed by atoms with Crippen LogP contribution < -0.4 is 0 Å². The minimum atomic E-state index is 0. The SMILES string of the molecule is Cn1cc(-c2[c-]nccn2)nn1.[Ir]. The molecular weight excluding hydrogens is 346 g/mol. The fourth-order valence-electron chi connectivity index (χ4n) is 0.848. The molecule has 0 atom stereocenters. The zero-order valence-electron chi connectivity index (χ0n) is 6.80. The molecule has 2 aromatic heterocycles. The summed E-state index contributed by atoms with van der Waals surface area (Å²) in [5.74, 6) is 0. The van der Waals surface area contributed by atoms with Gasteiger partial charge in [-0.2, -0.15) is 5.10 Å². The van der Waals surface area contributed by atoms with Crippen molar-refractivity contribution in [3.63, 3.8) is 0 Å². The van der Waals surface area contributed by atoms with Crippen LogP contribution >= 0.6 is 0 Å². The first-order valence-corrected chi connectivity index (χ1v) is 3.41. The predicted molar refractivity (Wildman–Crippen MR) is 40.9 cm³/mol. The van der Waals surface area contributed by atoms with Crippen LogP contribution in [0.2, 0.25) is 0 Å². The summed E-state index contributed by atoms with van der Waals surface area (Å²) in [5, 5.41) is 7.64. The number of aromatic nitrogens is 5. The van der Waals surface area contributed by atoms with Crippen LogP contribution in [0.5, 0.6) is 0 Å². The molecule has 1 radical (unpaired) electrons. The van der Waals surface area contributed by atoms with Gasteiger partial charge in [0, 0.05) is 32.8 Å². The quantitative estimate of drug-likeness (QED) is 0.682. The fourth-order valence-corrected chi connectivity index (χ4v) is 0.848. The van der Waals surface area contributed by atoms with Crippen LogP contribution in [0.15, 0.2) is 18.6 Å². The topological polar surface area (TPSA) is 56.5 Å². The molecule has 0 aliphatic carbocycles. The zero-order valence-corrected chi connectivity index (χ0v) is 9.20. The summed E-state index contributed by atoms with van der Waals surface area (Å²) < 4.78 is 1.61. The van der Waals surface area contributed by atoms with Crippen LogP contribution in [-0.4, -0.2) is 25.0 Å². The Morgan fingerprint density at radius 1 is 1.38 bits per heavy atom. The second-order valence-electron chi connectivity index (χ2n) is 2.29. The minimum Gasteiger partial charge on any atom is -0.389 e. The monoisotopic (exact) mass is 353 g/mol. The van der Waals surface area contributed by atoms with Crippen LogP contribution in [0.1, 0.15) is 0 Å². The van der Waals surface area contributed by atoms with E-state index in [4.69, 9.17) is 0 Å². The van der Waals surface area contributed by atoms with Gasteiger partial charge in [0.25, 0.3) is 0 Å². The van der Waals surface area contributed by atoms with Crippen LogP contribution in [0.4, 0.5) is 0 Å². The van der Waals surface area contributed by atoms with Crippen molar-refractivity contribution in [1.29, 1.82) is 0 Å². The van der Waals surface area contributed by atoms with Gasteiger partial charge in [0.15, 0.2) is 0 Å². The second kappa shape index (κ2) is 4.20. The summed E-state index contributed by atoms with van der Waals surface area (Å²) in [4.78, 5) is 7.83. The van der Waals surface area contributed by atoms with E-state index in [0.717, 1.165) is 0 Å². The maximum absolute atomic E-state index is 4.03. The Bertz CT molecular complexity index is 371. The Balaban J connectivity index is 0.000000845. The average Bonchev–Trinajstić information content (AvgIpc) is 2.54. The molecule has 2 heterocycles. The molecule has 69 valence electrons. The summed E-state index contributed by atoms with van der Waals surface area (Å²) in [5.41, 5.74) is 1.30. The van der Waals surface area contributed by atoms with E-state index in [2.05, 4.69) is 26.5 Å². The van der Waals surface area contributed by atoms with Crippen LogP contribution in [0.25, 0.3) is 11.4 Å². The zero-order chi connectivity index (χ0) is 8.39. The van der Waals surface area contributed by atoms with E-state index < -0.39 is 0 Å². The van der Waals surface area contributed by atoms with Gasteiger partial charge in [-0.1, -0.05) is 17.6 Å². The number of hydrogen-bond acceptors (Lipinski definition) is 4. The Morgan fingerprint density at radius 3 is 2.77 bits per heavy atom. The third kappa shape index (κ3) is 2.17. The van der Waals surface area contributed by atoms with Gasteiger partial charge in [0.2, 0.25) is 0 Å². The molecule has 6 heteroatoms. The first-order valence-electron chi connectivity index (χ1n) is 3.41. The molecule has 13 heavy (non-hydrogen) atoms. The predicted octanol–water partition coefficient (Wildman–Crippen LogP) is 0.0698. The van der Waals surface area contributed by atoms with E-state index in [1.807, 2.05) is 0 Å². The van der Waals surface area contributed by atoms with Gasteiger partial charge in [-0.05, 0) is 18.1 Å². The largest absolute Gasteiger partial charge is 0.389 e. The molecule has 2 rings (SSSR count). The van der Waals surface area contributed by atoms with Crippen molar-refractivity contribution in [3.05, 3.63) is 24.8 Å². The molecule has 0 saturated carbocycles. The first-order chi connectivity index (χ1) is 5.86. The molecule has 0 fully saturated rings. The molecule has 0 aliphatic heterocycles. The number of hydrogen-bond donors (Lipinski definition) is 0. The van der Waals surface area contributed by atoms with Crippen molar-refractivity contribution in [3.8, 4) is 11.4 Å². The number of rotatable bonds is 1. The Kier molecular flexibility index (Phi) is 3.22. The first kappa shape index (κ1) is 9.95. The molecule has 0 aromatic carbocycles. The molecule has 0 spiro atoms. The third-order valence-electron chi connectivity index (χ3n) is 1.36. The Labute approximate surface area is 88.6 Å². The maximum Gasteiger partial charge on any atom is 0.0327 e. The van der Waals surface area contributed by atoms with Gasteiger partial charge in [0.05, 0.1) is 0 Å². The number of aryl methyl sites for hydroxylation is 1. The summed E-state index contributed by atoms with van der Waals surface area (Å²) in [6, 6.07) is 0. The Hall–Kier alpha value is -1.13. The van der Waals surface area contributed by atoms with Crippen molar-refractivity contribution in [2.75, 3.05) is 0 Å². The molecular formula is C7H6IrN5-. The summed E-state index contributed by atoms with van der Waals surface area (Å²) in [6.07, 6.45) is 7.65. The van der Waals surface area contributed by atoms with Crippen LogP contribution in [0.3, 0.4) is 0 Å².